The first-order valence-corrected chi connectivity index (χ1v) is 12.1. The number of nitrogens with one attached hydrogen (secondary N) is 3. The van der Waals surface area contributed by atoms with Gasteiger partial charge in [0, 0.05) is 30.7 Å². The second-order valence-corrected chi connectivity index (χ2v) is 9.91. The maximum atomic E-state index is 13.5. The minimum Gasteiger partial charge on any atom is -0.384 e. The van der Waals surface area contributed by atoms with Crippen molar-refractivity contribution in [3.8, 4) is 0 Å². The van der Waals surface area contributed by atoms with E-state index in [1.54, 1.807) is 20.9 Å². The number of piperidine rings is 1. The molecule has 1 fully saturated rings. The van der Waals surface area contributed by atoms with Crippen LogP contribution in [0.3, 0.4) is 0 Å². The number of hydrogen-bond donors (Lipinski definition) is 3. The van der Waals surface area contributed by atoms with Crippen LogP contribution in [0, 0.1) is 0 Å². The van der Waals surface area contributed by atoms with Crippen molar-refractivity contribution in [2.75, 3.05) is 38.6 Å². The molecule has 1 saturated heterocycles. The number of likely N-dealkylation sites (N-methyl/N-ethyl adjacent to an activating group) is 1. The number of fused-ring (bicyclic) bond motifs is 2. The summed E-state index contributed by atoms with van der Waals surface area (Å²) in [6, 6.07) is 17.6. The van der Waals surface area contributed by atoms with Crippen molar-refractivity contribution >= 4 is 17.5 Å². The number of para-hydroxylation sites is 1. The number of amides is 2. The van der Waals surface area contributed by atoms with Crippen LogP contribution < -0.4 is 16.0 Å². The predicted molar refractivity (Wildman–Crippen MR) is 134 cm³/mol. The summed E-state index contributed by atoms with van der Waals surface area (Å²) in [5.74, 6) is -0.304. The Morgan fingerprint density at radius 2 is 1.76 bits per heavy atom. The molecule has 0 aromatic heterocycles. The first kappa shape index (κ1) is 24.2. The molecule has 2 heterocycles. The van der Waals surface area contributed by atoms with Crippen LogP contribution in [0.15, 0.2) is 54.6 Å². The number of likely N-dealkylation sites (tertiary alicyclic amines) is 1. The maximum absolute atomic E-state index is 13.5. The molecule has 2 amide bonds. The van der Waals surface area contributed by atoms with Crippen molar-refractivity contribution in [3.63, 3.8) is 0 Å². The molecule has 7 nitrogen and oxygen atoms in total. The molecule has 1 atom stereocenters. The molecule has 0 saturated carbocycles. The molecular weight excluding hydrogens is 428 g/mol. The van der Waals surface area contributed by atoms with Gasteiger partial charge in [-0.1, -0.05) is 48.5 Å². The van der Waals surface area contributed by atoms with E-state index in [1.165, 1.54) is 11.3 Å². The zero-order valence-corrected chi connectivity index (χ0v) is 20.4. The number of hydrogen-bond acceptors (Lipinski definition) is 5. The predicted octanol–water partition coefficient (Wildman–Crippen LogP) is 2.67. The van der Waals surface area contributed by atoms with Gasteiger partial charge in [0.25, 0.3) is 0 Å². The molecule has 0 radical (unpaired) electrons. The third kappa shape index (κ3) is 5.10. The lowest BCUT2D eigenvalue weighted by Gasteiger charge is -2.40. The fourth-order valence-corrected chi connectivity index (χ4v) is 4.78. The van der Waals surface area contributed by atoms with Crippen molar-refractivity contribution < 1.29 is 14.3 Å². The van der Waals surface area contributed by atoms with Gasteiger partial charge in [-0.3, -0.25) is 9.59 Å². The summed E-state index contributed by atoms with van der Waals surface area (Å²) in [5.41, 5.74) is 2.88. The van der Waals surface area contributed by atoms with Gasteiger partial charge < -0.3 is 25.6 Å². The van der Waals surface area contributed by atoms with Crippen LogP contribution in [-0.4, -0.2) is 61.6 Å². The van der Waals surface area contributed by atoms with Crippen LogP contribution in [-0.2, 0) is 26.3 Å². The molecule has 0 unspecified atom stereocenters. The summed E-state index contributed by atoms with van der Waals surface area (Å²) in [4.78, 5) is 28.3. The molecule has 4 rings (SSSR count). The first-order chi connectivity index (χ1) is 16.3. The van der Waals surface area contributed by atoms with Crippen molar-refractivity contribution in [2.24, 2.45) is 0 Å². The fraction of sp³-hybridized carbons (Fsp3) is 0.481. The van der Waals surface area contributed by atoms with Crippen molar-refractivity contribution in [2.45, 2.75) is 50.3 Å². The highest BCUT2D eigenvalue weighted by Crippen LogP contribution is 2.43. The Bertz CT molecular complexity index is 1000. The standard InChI is InChI=1S/C27H36N4O3/c1-26(2,28-3)25(33)30-23(18-34-17-20-9-5-4-6-10-20)24(32)31-15-13-27(14-16-31)19-29-22-12-8-7-11-21(22)27/h4-12,23,28-29H,13-19H2,1-3H3,(H,30,33)/t23-/m1/s1. The van der Waals surface area contributed by atoms with Gasteiger partial charge in [-0.2, -0.15) is 0 Å². The number of carbonyl (C=O) groups is 2. The minimum absolute atomic E-state index is 0.0735. The average Bonchev–Trinajstić information content (AvgIpc) is 3.22. The highest BCUT2D eigenvalue weighted by Gasteiger charge is 2.43. The van der Waals surface area contributed by atoms with E-state index in [1.807, 2.05) is 35.2 Å². The highest BCUT2D eigenvalue weighted by molar-refractivity contribution is 5.91. The van der Waals surface area contributed by atoms with Gasteiger partial charge in [0.15, 0.2) is 0 Å². The Morgan fingerprint density at radius 3 is 2.47 bits per heavy atom. The molecular formula is C27H36N4O3. The lowest BCUT2D eigenvalue weighted by Crippen LogP contribution is -2.59. The third-order valence-corrected chi connectivity index (χ3v) is 7.34. The number of nitrogens with zero attached hydrogens (tertiary/aromatic N) is 1. The van der Waals surface area contributed by atoms with E-state index in [0.717, 1.165) is 24.9 Å². The van der Waals surface area contributed by atoms with Gasteiger partial charge in [-0.05, 0) is 50.9 Å². The van der Waals surface area contributed by atoms with Crippen LogP contribution in [0.4, 0.5) is 5.69 Å². The largest absolute Gasteiger partial charge is 0.384 e. The molecule has 2 aliphatic rings. The number of anilines is 1. The van der Waals surface area contributed by atoms with Gasteiger partial charge in [0.05, 0.1) is 18.8 Å². The summed E-state index contributed by atoms with van der Waals surface area (Å²) < 4.78 is 5.89. The van der Waals surface area contributed by atoms with Crippen LogP contribution in [0.25, 0.3) is 0 Å². The Balaban J connectivity index is 1.41. The monoisotopic (exact) mass is 464 g/mol. The van der Waals surface area contributed by atoms with E-state index in [4.69, 9.17) is 4.74 Å². The number of benzene rings is 2. The van der Waals surface area contributed by atoms with Gasteiger partial charge in [0.1, 0.15) is 6.04 Å². The van der Waals surface area contributed by atoms with E-state index < -0.39 is 11.6 Å². The van der Waals surface area contributed by atoms with Crippen LogP contribution in [0.5, 0.6) is 0 Å². The molecule has 1 spiro atoms. The van der Waals surface area contributed by atoms with Crippen molar-refractivity contribution in [1.82, 2.24) is 15.5 Å². The average molecular weight is 465 g/mol. The van der Waals surface area contributed by atoms with Gasteiger partial charge >= 0.3 is 0 Å². The van der Waals surface area contributed by atoms with Gasteiger partial charge in [-0.25, -0.2) is 0 Å². The fourth-order valence-electron chi connectivity index (χ4n) is 4.78. The molecule has 0 bridgehead atoms. The molecule has 2 aromatic carbocycles. The lowest BCUT2D eigenvalue weighted by atomic mass is 9.74. The summed E-state index contributed by atoms with van der Waals surface area (Å²) in [5, 5.41) is 9.48. The van der Waals surface area contributed by atoms with Gasteiger partial charge in [-0.15, -0.1) is 0 Å². The van der Waals surface area contributed by atoms with Crippen LogP contribution in [0.1, 0.15) is 37.8 Å². The first-order valence-electron chi connectivity index (χ1n) is 12.1. The van der Waals surface area contributed by atoms with E-state index in [0.29, 0.717) is 19.7 Å². The molecule has 2 aromatic rings. The Kier molecular flexibility index (Phi) is 7.24. The number of ether oxygens (including phenoxy) is 1. The molecule has 182 valence electrons. The molecule has 2 aliphatic heterocycles. The second-order valence-electron chi connectivity index (χ2n) is 9.91. The Labute approximate surface area is 202 Å². The quantitative estimate of drug-likeness (QED) is 0.560. The summed E-state index contributed by atoms with van der Waals surface area (Å²) >= 11 is 0. The van der Waals surface area contributed by atoms with E-state index in [-0.39, 0.29) is 23.8 Å². The molecule has 3 N–H and O–H groups in total. The molecule has 34 heavy (non-hydrogen) atoms. The smallest absolute Gasteiger partial charge is 0.247 e. The highest BCUT2D eigenvalue weighted by atomic mass is 16.5. The normalized spacial score (nSPS) is 17.7. The number of rotatable bonds is 8. The minimum atomic E-state index is -0.789. The summed E-state index contributed by atoms with van der Waals surface area (Å²) in [6.07, 6.45) is 1.80. The zero-order chi connectivity index (χ0) is 24.2. The second kappa shape index (κ2) is 10.2. The topological polar surface area (TPSA) is 82.7 Å². The van der Waals surface area contributed by atoms with E-state index in [9.17, 15) is 9.59 Å². The van der Waals surface area contributed by atoms with Crippen molar-refractivity contribution in [3.05, 3.63) is 65.7 Å². The summed E-state index contributed by atoms with van der Waals surface area (Å²) in [6.45, 7) is 6.34. The lowest BCUT2D eigenvalue weighted by molar-refractivity contribution is -0.141. The zero-order valence-electron chi connectivity index (χ0n) is 20.4. The molecule has 7 heteroatoms. The Hall–Kier alpha value is -2.90. The van der Waals surface area contributed by atoms with Gasteiger partial charge in [0.2, 0.25) is 11.8 Å². The van der Waals surface area contributed by atoms with Crippen LogP contribution in [0.2, 0.25) is 0 Å². The SMILES string of the molecule is CNC(C)(C)C(=O)N[C@H](COCc1ccccc1)C(=O)N1CCC2(CC1)CNc1ccccc12. The summed E-state index contributed by atoms with van der Waals surface area (Å²) in [7, 11) is 1.74. The van der Waals surface area contributed by atoms with Crippen LogP contribution >= 0.6 is 0 Å². The van der Waals surface area contributed by atoms with E-state index in [2.05, 4.69) is 40.2 Å². The third-order valence-electron chi connectivity index (χ3n) is 7.34. The van der Waals surface area contributed by atoms with Crippen molar-refractivity contribution in [1.29, 1.82) is 0 Å². The Morgan fingerprint density at radius 1 is 1.09 bits per heavy atom. The molecule has 0 aliphatic carbocycles. The van der Waals surface area contributed by atoms with E-state index >= 15 is 0 Å². The maximum Gasteiger partial charge on any atom is 0.247 e. The number of carbonyl (C=O) groups excluding carboxylic acids is 2.